The molecule has 0 aromatic carbocycles. The van der Waals surface area contributed by atoms with Gasteiger partial charge in [0.2, 0.25) is 0 Å². The molecule has 1 aliphatic carbocycles. The smallest absolute Gasteiger partial charge is 0.466 e. The van der Waals surface area contributed by atoms with E-state index in [4.69, 9.17) is 4.74 Å². The van der Waals surface area contributed by atoms with E-state index in [1.165, 1.54) is 6.92 Å². The second-order valence-electron chi connectivity index (χ2n) is 4.64. The number of hydrogen-bond donors (Lipinski definition) is 0. The number of rotatable bonds is 5. The highest BCUT2D eigenvalue weighted by Crippen LogP contribution is 2.34. The van der Waals surface area contributed by atoms with E-state index < -0.39 is 39.1 Å². The number of ether oxygens (including phenoxy) is 1. The minimum Gasteiger partial charge on any atom is -0.466 e. The molecule has 1 aliphatic rings. The number of allylic oxidation sites excluding steroid dienone is 2. The Bertz CT molecular complexity index is 590. The average Bonchev–Trinajstić information content (AvgIpc) is 2.37. The lowest BCUT2D eigenvalue weighted by atomic mass is 9.85. The highest BCUT2D eigenvalue weighted by atomic mass is 32.2. The first-order valence-corrected chi connectivity index (χ1v) is 7.80. The highest BCUT2D eigenvalue weighted by molar-refractivity contribution is 7.87. The van der Waals surface area contributed by atoms with E-state index in [2.05, 4.69) is 4.18 Å². The Morgan fingerprint density at radius 3 is 2.45 bits per heavy atom. The Labute approximate surface area is 125 Å². The van der Waals surface area contributed by atoms with E-state index in [0.717, 1.165) is 0 Å². The number of halogens is 3. The standard InChI is InChI=1S/C12H15F3O6S/c1-3-20-10(16)6-8-4-5-9(7(2)11(8)17)21-22(18,19)12(13,14)15/h8H,3-6H2,1-2H3. The van der Waals surface area contributed by atoms with Gasteiger partial charge in [-0.3, -0.25) is 9.59 Å². The molecule has 0 amide bonds. The van der Waals surface area contributed by atoms with Crippen LogP contribution in [0.4, 0.5) is 13.2 Å². The molecule has 0 aromatic rings. The normalized spacial score (nSPS) is 20.0. The number of Topliss-reactive ketones (excluding diaryl/α,β-unsaturated/α-hetero) is 1. The van der Waals surface area contributed by atoms with E-state index in [0.29, 0.717) is 0 Å². The number of hydrogen-bond acceptors (Lipinski definition) is 6. The summed E-state index contributed by atoms with van der Waals surface area (Å²) in [6, 6.07) is 0. The highest BCUT2D eigenvalue weighted by Gasteiger charge is 2.49. The van der Waals surface area contributed by atoms with Gasteiger partial charge in [-0.05, 0) is 20.3 Å². The van der Waals surface area contributed by atoms with E-state index in [1.54, 1.807) is 6.92 Å². The van der Waals surface area contributed by atoms with E-state index in [9.17, 15) is 31.2 Å². The second kappa shape index (κ2) is 6.67. The first-order chi connectivity index (χ1) is 9.99. The van der Waals surface area contributed by atoms with E-state index in [-0.39, 0.29) is 31.4 Å². The predicted molar refractivity (Wildman–Crippen MR) is 67.7 cm³/mol. The van der Waals surface area contributed by atoms with Crippen LogP contribution < -0.4 is 0 Å². The maximum atomic E-state index is 12.3. The first kappa shape index (κ1) is 18.5. The number of alkyl halides is 3. The molecule has 0 saturated carbocycles. The molecule has 0 radical (unpaired) electrons. The fourth-order valence-corrected chi connectivity index (χ4v) is 2.53. The Hall–Kier alpha value is -1.58. The molecule has 6 nitrogen and oxygen atoms in total. The molecule has 0 fully saturated rings. The Morgan fingerprint density at radius 2 is 1.95 bits per heavy atom. The van der Waals surface area contributed by atoms with Crippen molar-refractivity contribution in [3.8, 4) is 0 Å². The minimum absolute atomic E-state index is 0.0116. The fraction of sp³-hybridized carbons (Fsp3) is 0.667. The van der Waals surface area contributed by atoms with Crippen LogP contribution in [0.2, 0.25) is 0 Å². The Kier molecular flexibility index (Phi) is 5.60. The zero-order valence-electron chi connectivity index (χ0n) is 11.9. The van der Waals surface area contributed by atoms with Gasteiger partial charge >= 0.3 is 21.6 Å². The summed E-state index contributed by atoms with van der Waals surface area (Å²) in [4.78, 5) is 23.3. The van der Waals surface area contributed by atoms with Crippen molar-refractivity contribution >= 4 is 21.9 Å². The third-order valence-corrected chi connectivity index (χ3v) is 4.08. The van der Waals surface area contributed by atoms with Gasteiger partial charge in [-0.25, -0.2) is 0 Å². The Balaban J connectivity index is 2.88. The molecule has 0 heterocycles. The summed E-state index contributed by atoms with van der Waals surface area (Å²) in [6.45, 7) is 2.91. The van der Waals surface area contributed by atoms with Crippen molar-refractivity contribution in [3.05, 3.63) is 11.3 Å². The summed E-state index contributed by atoms with van der Waals surface area (Å²) >= 11 is 0. The van der Waals surface area contributed by atoms with Gasteiger partial charge in [-0.1, -0.05) is 0 Å². The second-order valence-corrected chi connectivity index (χ2v) is 6.18. The van der Waals surface area contributed by atoms with Crippen LogP contribution in [0.25, 0.3) is 0 Å². The van der Waals surface area contributed by atoms with Crippen LogP contribution in [-0.2, 0) is 28.6 Å². The SMILES string of the molecule is CCOC(=O)CC1CCC(OS(=O)(=O)C(F)(F)F)=C(C)C1=O. The van der Waals surface area contributed by atoms with Crippen LogP contribution in [0.15, 0.2) is 11.3 Å². The van der Waals surface area contributed by atoms with Gasteiger partial charge in [0.25, 0.3) is 0 Å². The molecule has 0 saturated heterocycles. The zero-order chi connectivity index (χ0) is 17.1. The van der Waals surface area contributed by atoms with Crippen molar-refractivity contribution < 1.29 is 40.1 Å². The summed E-state index contributed by atoms with van der Waals surface area (Å²) in [5, 5.41) is 0. The molecule has 1 atom stereocenters. The van der Waals surface area contributed by atoms with Crippen molar-refractivity contribution in [1.29, 1.82) is 0 Å². The van der Waals surface area contributed by atoms with E-state index in [1.807, 2.05) is 0 Å². The lowest BCUT2D eigenvalue weighted by Gasteiger charge is -2.23. The average molecular weight is 344 g/mol. The van der Waals surface area contributed by atoms with Crippen molar-refractivity contribution in [2.45, 2.75) is 38.6 Å². The van der Waals surface area contributed by atoms with Crippen LogP contribution in [-0.4, -0.2) is 32.3 Å². The van der Waals surface area contributed by atoms with Gasteiger partial charge in [-0.15, -0.1) is 0 Å². The lowest BCUT2D eigenvalue weighted by molar-refractivity contribution is -0.146. The monoisotopic (exact) mass is 344 g/mol. The molecule has 1 unspecified atom stereocenters. The number of ketones is 1. The van der Waals surface area contributed by atoms with Crippen molar-refractivity contribution in [2.75, 3.05) is 6.61 Å². The van der Waals surface area contributed by atoms with Gasteiger partial charge in [-0.2, -0.15) is 21.6 Å². The molecular formula is C12H15F3O6S. The van der Waals surface area contributed by atoms with Crippen molar-refractivity contribution in [1.82, 2.24) is 0 Å². The van der Waals surface area contributed by atoms with Gasteiger partial charge in [0.1, 0.15) is 5.76 Å². The molecule has 0 spiro atoms. The third kappa shape index (κ3) is 4.21. The molecule has 22 heavy (non-hydrogen) atoms. The summed E-state index contributed by atoms with van der Waals surface area (Å²) < 4.78 is 67.4. The molecule has 126 valence electrons. The van der Waals surface area contributed by atoms with Crippen LogP contribution in [0.3, 0.4) is 0 Å². The summed E-state index contributed by atoms with van der Waals surface area (Å²) in [6.07, 6.45) is -0.377. The van der Waals surface area contributed by atoms with Crippen molar-refractivity contribution in [3.63, 3.8) is 0 Å². The van der Waals surface area contributed by atoms with Gasteiger partial charge in [0.15, 0.2) is 5.78 Å². The molecule has 0 bridgehead atoms. The molecule has 0 N–H and O–H groups in total. The van der Waals surface area contributed by atoms with Crippen LogP contribution in [0.5, 0.6) is 0 Å². The zero-order valence-corrected chi connectivity index (χ0v) is 12.7. The topological polar surface area (TPSA) is 86.7 Å². The van der Waals surface area contributed by atoms with E-state index >= 15 is 0 Å². The van der Waals surface area contributed by atoms with Crippen molar-refractivity contribution in [2.24, 2.45) is 5.92 Å². The summed E-state index contributed by atoms with van der Waals surface area (Å²) in [5.74, 6) is -2.50. The number of carbonyl (C=O) groups is 2. The summed E-state index contributed by atoms with van der Waals surface area (Å²) in [7, 11) is -5.80. The van der Waals surface area contributed by atoms with Gasteiger partial charge in [0.05, 0.1) is 13.0 Å². The van der Waals surface area contributed by atoms with Crippen LogP contribution in [0, 0.1) is 5.92 Å². The lowest BCUT2D eigenvalue weighted by Crippen LogP contribution is -2.29. The molecule has 1 rings (SSSR count). The third-order valence-electron chi connectivity index (χ3n) is 3.09. The van der Waals surface area contributed by atoms with Gasteiger partial charge < -0.3 is 8.92 Å². The van der Waals surface area contributed by atoms with Crippen LogP contribution in [0.1, 0.15) is 33.1 Å². The predicted octanol–water partition coefficient (Wildman–Crippen LogP) is 2.06. The molecular weight excluding hydrogens is 329 g/mol. The Morgan fingerprint density at radius 1 is 1.36 bits per heavy atom. The number of esters is 1. The largest absolute Gasteiger partial charge is 0.534 e. The maximum Gasteiger partial charge on any atom is 0.534 e. The van der Waals surface area contributed by atoms with Gasteiger partial charge in [0, 0.05) is 17.9 Å². The fourth-order valence-electron chi connectivity index (χ4n) is 1.97. The molecule has 0 aromatic heterocycles. The maximum absolute atomic E-state index is 12.3. The van der Waals surface area contributed by atoms with Crippen LogP contribution >= 0.6 is 0 Å². The quantitative estimate of drug-likeness (QED) is 0.431. The molecule has 10 heteroatoms. The summed E-state index contributed by atoms with van der Waals surface area (Å²) in [5.41, 5.74) is -5.79. The number of carbonyl (C=O) groups excluding carboxylic acids is 2. The first-order valence-electron chi connectivity index (χ1n) is 6.40. The molecule has 0 aliphatic heterocycles. The minimum atomic E-state index is -5.80.